The minimum absolute atomic E-state index is 0.00613. The van der Waals surface area contributed by atoms with E-state index in [9.17, 15) is 19.7 Å². The smallest absolute Gasteiger partial charge is 0.338 e. The van der Waals surface area contributed by atoms with E-state index >= 15 is 0 Å². The summed E-state index contributed by atoms with van der Waals surface area (Å²) in [6.07, 6.45) is 0. The van der Waals surface area contributed by atoms with Crippen LogP contribution in [0.2, 0.25) is 0 Å². The number of nitrogens with one attached hydrogen (secondary N) is 1. The van der Waals surface area contributed by atoms with E-state index in [4.69, 9.17) is 4.74 Å². The van der Waals surface area contributed by atoms with Gasteiger partial charge in [-0.3, -0.25) is 14.9 Å². The van der Waals surface area contributed by atoms with Gasteiger partial charge in [0, 0.05) is 25.8 Å². The van der Waals surface area contributed by atoms with Gasteiger partial charge in [0.05, 0.1) is 10.5 Å². The Kier molecular flexibility index (Phi) is 6.12. The molecule has 0 aromatic heterocycles. The van der Waals surface area contributed by atoms with Gasteiger partial charge >= 0.3 is 5.97 Å². The van der Waals surface area contributed by atoms with Crippen LogP contribution in [-0.4, -0.2) is 37.5 Å². The van der Waals surface area contributed by atoms with Crippen molar-refractivity contribution in [3.05, 3.63) is 63.2 Å². The second kappa shape index (κ2) is 8.31. The minimum atomic E-state index is -0.806. The van der Waals surface area contributed by atoms with Gasteiger partial charge in [0.2, 0.25) is 0 Å². The highest BCUT2D eigenvalue weighted by Crippen LogP contribution is 2.28. The fraction of sp³-hybridized carbons (Fsp3) is 0.263. The van der Waals surface area contributed by atoms with Crippen LogP contribution in [0.3, 0.4) is 0 Å². The summed E-state index contributed by atoms with van der Waals surface area (Å²) in [5.74, 6) is -1.30. The Morgan fingerprint density at radius 1 is 1.15 bits per heavy atom. The molecule has 8 nitrogen and oxygen atoms in total. The molecule has 2 rings (SSSR count). The first kappa shape index (κ1) is 19.9. The zero-order valence-electron chi connectivity index (χ0n) is 15.6. The van der Waals surface area contributed by atoms with Gasteiger partial charge in [-0.05, 0) is 37.6 Å². The summed E-state index contributed by atoms with van der Waals surface area (Å²) in [6.45, 7) is 3.32. The number of aryl methyl sites for hydroxylation is 2. The lowest BCUT2D eigenvalue weighted by atomic mass is 10.1. The van der Waals surface area contributed by atoms with Crippen LogP contribution in [-0.2, 0) is 9.53 Å². The Balaban J connectivity index is 2.03. The molecule has 2 aromatic carbocycles. The third kappa shape index (κ3) is 5.04. The maximum absolute atomic E-state index is 12.1. The standard InChI is InChI=1S/C19H21N3O5/c1-12-5-7-15(13(2)9-12)20-18(23)11-27-19(24)14-6-8-16(21(3)4)17(10-14)22(25)26/h5-10H,11H2,1-4H3,(H,20,23). The molecular formula is C19H21N3O5. The van der Waals surface area contributed by atoms with Crippen molar-refractivity contribution in [2.45, 2.75) is 13.8 Å². The van der Waals surface area contributed by atoms with Crippen LogP contribution in [0.15, 0.2) is 36.4 Å². The molecule has 0 aliphatic heterocycles. The summed E-state index contributed by atoms with van der Waals surface area (Å²) in [4.78, 5) is 36.3. The number of nitro groups is 1. The Hall–Kier alpha value is -3.42. The van der Waals surface area contributed by atoms with Crippen LogP contribution in [0, 0.1) is 24.0 Å². The van der Waals surface area contributed by atoms with Gasteiger partial charge in [0.15, 0.2) is 6.61 Å². The predicted octanol–water partition coefficient (Wildman–Crippen LogP) is 3.07. The molecule has 0 bridgehead atoms. The Bertz CT molecular complexity index is 893. The quantitative estimate of drug-likeness (QED) is 0.476. The molecule has 27 heavy (non-hydrogen) atoms. The lowest BCUT2D eigenvalue weighted by Gasteiger charge is -2.13. The summed E-state index contributed by atoms with van der Waals surface area (Å²) in [6, 6.07) is 9.58. The fourth-order valence-corrected chi connectivity index (χ4v) is 2.53. The predicted molar refractivity (Wildman–Crippen MR) is 102 cm³/mol. The highest BCUT2D eigenvalue weighted by molar-refractivity contribution is 5.96. The van der Waals surface area contributed by atoms with E-state index < -0.39 is 23.4 Å². The Labute approximate surface area is 156 Å². The number of nitro benzene ring substituents is 1. The number of anilines is 2. The molecule has 0 saturated carbocycles. The molecule has 0 radical (unpaired) electrons. The number of amides is 1. The minimum Gasteiger partial charge on any atom is -0.452 e. The van der Waals surface area contributed by atoms with Gasteiger partial charge in [0.25, 0.3) is 11.6 Å². The molecular weight excluding hydrogens is 350 g/mol. The number of hydrogen-bond donors (Lipinski definition) is 1. The van der Waals surface area contributed by atoms with Crippen molar-refractivity contribution < 1.29 is 19.2 Å². The van der Waals surface area contributed by atoms with E-state index in [1.54, 1.807) is 25.1 Å². The van der Waals surface area contributed by atoms with Crippen LogP contribution >= 0.6 is 0 Å². The van der Waals surface area contributed by atoms with Gasteiger partial charge in [-0.15, -0.1) is 0 Å². The number of hydrogen-bond acceptors (Lipinski definition) is 6. The molecule has 1 amide bonds. The number of carbonyl (C=O) groups is 2. The van der Waals surface area contributed by atoms with E-state index in [-0.39, 0.29) is 11.3 Å². The number of benzene rings is 2. The lowest BCUT2D eigenvalue weighted by Crippen LogP contribution is -2.21. The van der Waals surface area contributed by atoms with E-state index in [0.29, 0.717) is 11.4 Å². The first-order chi connectivity index (χ1) is 12.7. The van der Waals surface area contributed by atoms with Gasteiger partial charge in [-0.2, -0.15) is 0 Å². The largest absolute Gasteiger partial charge is 0.452 e. The van der Waals surface area contributed by atoms with Crippen molar-refractivity contribution in [1.29, 1.82) is 0 Å². The van der Waals surface area contributed by atoms with Crippen LogP contribution in [0.4, 0.5) is 17.1 Å². The van der Waals surface area contributed by atoms with Gasteiger partial charge in [-0.1, -0.05) is 17.7 Å². The summed E-state index contributed by atoms with van der Waals surface area (Å²) in [7, 11) is 3.33. The fourth-order valence-electron chi connectivity index (χ4n) is 2.53. The molecule has 0 unspecified atom stereocenters. The highest BCUT2D eigenvalue weighted by Gasteiger charge is 2.20. The van der Waals surface area contributed by atoms with E-state index in [0.717, 1.165) is 17.2 Å². The number of nitrogens with zero attached hydrogens (tertiary/aromatic N) is 2. The molecule has 0 fully saturated rings. The molecule has 0 heterocycles. The molecule has 1 N–H and O–H groups in total. The summed E-state index contributed by atoms with van der Waals surface area (Å²) < 4.78 is 4.97. The van der Waals surface area contributed by atoms with Crippen molar-refractivity contribution in [2.24, 2.45) is 0 Å². The SMILES string of the molecule is Cc1ccc(NC(=O)COC(=O)c2ccc(N(C)C)c([N+](=O)[O-])c2)c(C)c1. The van der Waals surface area contributed by atoms with Crippen molar-refractivity contribution in [3.63, 3.8) is 0 Å². The first-order valence-electron chi connectivity index (χ1n) is 8.19. The van der Waals surface area contributed by atoms with Gasteiger partial charge in [-0.25, -0.2) is 4.79 Å². The van der Waals surface area contributed by atoms with E-state index in [1.807, 2.05) is 26.0 Å². The first-order valence-corrected chi connectivity index (χ1v) is 8.19. The van der Waals surface area contributed by atoms with E-state index in [2.05, 4.69) is 5.32 Å². The van der Waals surface area contributed by atoms with Crippen LogP contribution in [0.5, 0.6) is 0 Å². The lowest BCUT2D eigenvalue weighted by molar-refractivity contribution is -0.384. The summed E-state index contributed by atoms with van der Waals surface area (Å²) >= 11 is 0. The zero-order chi connectivity index (χ0) is 20.1. The van der Waals surface area contributed by atoms with Crippen molar-refractivity contribution in [1.82, 2.24) is 0 Å². The monoisotopic (exact) mass is 371 g/mol. The normalized spacial score (nSPS) is 10.2. The van der Waals surface area contributed by atoms with Crippen molar-refractivity contribution >= 4 is 28.9 Å². The number of rotatable bonds is 6. The van der Waals surface area contributed by atoms with Crippen LogP contribution in [0.1, 0.15) is 21.5 Å². The Morgan fingerprint density at radius 2 is 1.85 bits per heavy atom. The topological polar surface area (TPSA) is 102 Å². The van der Waals surface area contributed by atoms with Crippen LogP contribution < -0.4 is 10.2 Å². The Morgan fingerprint density at radius 3 is 2.44 bits per heavy atom. The summed E-state index contributed by atoms with van der Waals surface area (Å²) in [5, 5.41) is 13.9. The maximum atomic E-state index is 12.1. The molecule has 0 aliphatic carbocycles. The van der Waals surface area contributed by atoms with Gasteiger partial charge < -0.3 is 15.0 Å². The average Bonchev–Trinajstić information content (AvgIpc) is 2.61. The number of esters is 1. The number of ether oxygens (including phenoxy) is 1. The summed E-state index contributed by atoms with van der Waals surface area (Å²) in [5.41, 5.74) is 2.75. The molecule has 0 spiro atoms. The second-order valence-corrected chi connectivity index (χ2v) is 6.30. The third-order valence-electron chi connectivity index (χ3n) is 3.88. The maximum Gasteiger partial charge on any atom is 0.338 e. The average molecular weight is 371 g/mol. The van der Waals surface area contributed by atoms with Crippen molar-refractivity contribution in [3.8, 4) is 0 Å². The molecule has 0 aliphatic rings. The highest BCUT2D eigenvalue weighted by atomic mass is 16.6. The molecule has 0 saturated heterocycles. The van der Waals surface area contributed by atoms with Crippen molar-refractivity contribution in [2.75, 3.05) is 30.9 Å². The molecule has 8 heteroatoms. The van der Waals surface area contributed by atoms with E-state index in [1.165, 1.54) is 12.1 Å². The number of carbonyl (C=O) groups excluding carboxylic acids is 2. The second-order valence-electron chi connectivity index (χ2n) is 6.30. The third-order valence-corrected chi connectivity index (χ3v) is 3.88. The molecule has 2 aromatic rings. The van der Waals surface area contributed by atoms with Gasteiger partial charge in [0.1, 0.15) is 5.69 Å². The zero-order valence-corrected chi connectivity index (χ0v) is 15.6. The molecule has 0 atom stereocenters. The molecule has 142 valence electrons. The van der Waals surface area contributed by atoms with Crippen LogP contribution in [0.25, 0.3) is 0 Å².